The Labute approximate surface area is 51.4 Å². The molecule has 2 rings (SSSR count). The monoisotopic (exact) mass is 124 g/mol. The molecule has 0 aliphatic carbocycles. The van der Waals surface area contributed by atoms with Gasteiger partial charge in [0, 0.05) is 0 Å². The number of fused-ring (bicyclic) bond motifs is 1. The van der Waals surface area contributed by atoms with E-state index in [1.807, 2.05) is 0 Å². The Morgan fingerprint density at radius 2 is 1.67 bits per heavy atom. The first kappa shape index (κ1) is 4.55. The van der Waals surface area contributed by atoms with Crippen LogP contribution in [0, 0.1) is 0 Å². The van der Waals surface area contributed by atoms with E-state index in [1.54, 1.807) is 0 Å². The summed E-state index contributed by atoms with van der Waals surface area (Å²) in [7, 11) is 0. The molecule has 2 heterocycles. The lowest BCUT2D eigenvalue weighted by Crippen LogP contribution is -1.92. The van der Waals surface area contributed by atoms with Gasteiger partial charge in [0.2, 0.25) is 6.79 Å². The first-order valence-electron chi connectivity index (χ1n) is 2.53. The van der Waals surface area contributed by atoms with Crippen LogP contribution in [0.3, 0.4) is 0 Å². The Morgan fingerprint density at radius 1 is 1.11 bits per heavy atom. The highest BCUT2D eigenvalue weighted by Crippen LogP contribution is 2.28. The average Bonchev–Trinajstić information content (AvgIpc) is 2.33. The van der Waals surface area contributed by atoms with Crippen molar-refractivity contribution in [3.63, 3.8) is 0 Å². The summed E-state index contributed by atoms with van der Waals surface area (Å²) in [5.74, 6) is 1.34. The summed E-state index contributed by atoms with van der Waals surface area (Å²) in [6.45, 7) is 0.280. The minimum atomic E-state index is 0.280. The van der Waals surface area contributed by atoms with Crippen LogP contribution in [-0.4, -0.2) is 17.0 Å². The highest BCUT2D eigenvalue weighted by Gasteiger charge is 2.11. The van der Waals surface area contributed by atoms with Crippen molar-refractivity contribution in [2.24, 2.45) is 0 Å². The molecule has 0 atom stereocenters. The van der Waals surface area contributed by atoms with Crippen molar-refractivity contribution >= 4 is 0 Å². The molecule has 0 fully saturated rings. The minimum absolute atomic E-state index is 0.280. The van der Waals surface area contributed by atoms with Gasteiger partial charge in [0.15, 0.2) is 11.5 Å². The minimum Gasteiger partial charge on any atom is -0.452 e. The summed E-state index contributed by atoms with van der Waals surface area (Å²) in [6.07, 6.45) is 3.06. The Balaban J connectivity index is 2.54. The molecule has 4 nitrogen and oxygen atoms in total. The molecule has 0 radical (unpaired) electrons. The molecule has 0 bridgehead atoms. The van der Waals surface area contributed by atoms with Crippen molar-refractivity contribution < 1.29 is 9.47 Å². The lowest BCUT2D eigenvalue weighted by Gasteiger charge is -1.87. The molecule has 46 valence electrons. The highest BCUT2D eigenvalue weighted by atomic mass is 16.7. The summed E-state index contributed by atoms with van der Waals surface area (Å²) in [6, 6.07) is 0. The van der Waals surface area contributed by atoms with Crippen molar-refractivity contribution in [3.05, 3.63) is 12.4 Å². The summed E-state index contributed by atoms with van der Waals surface area (Å²) >= 11 is 0. The maximum Gasteiger partial charge on any atom is 0.231 e. The Kier molecular flexibility index (Phi) is 0.798. The molecule has 9 heavy (non-hydrogen) atoms. The third-order valence-electron chi connectivity index (χ3n) is 1.09. The number of hydrogen-bond acceptors (Lipinski definition) is 4. The molecule has 1 aromatic rings. The Morgan fingerprint density at radius 3 is 2.22 bits per heavy atom. The third kappa shape index (κ3) is 0.595. The van der Waals surface area contributed by atoms with Crippen LogP contribution in [0.15, 0.2) is 12.4 Å². The molecular weight excluding hydrogens is 120 g/mol. The topological polar surface area (TPSA) is 44.2 Å². The van der Waals surface area contributed by atoms with Gasteiger partial charge in [-0.3, -0.25) is 0 Å². The lowest BCUT2D eigenvalue weighted by atomic mass is 10.5. The molecule has 4 heteroatoms. The van der Waals surface area contributed by atoms with Gasteiger partial charge in [-0.1, -0.05) is 0 Å². The maximum atomic E-state index is 4.97. The number of hydrogen-bond donors (Lipinski definition) is 0. The van der Waals surface area contributed by atoms with Crippen molar-refractivity contribution in [2.75, 3.05) is 6.79 Å². The molecule has 0 aromatic carbocycles. The van der Waals surface area contributed by atoms with Gasteiger partial charge in [-0.2, -0.15) is 10.2 Å². The molecule has 1 aromatic heterocycles. The van der Waals surface area contributed by atoms with Crippen LogP contribution in [0.25, 0.3) is 0 Å². The van der Waals surface area contributed by atoms with Gasteiger partial charge >= 0.3 is 0 Å². The predicted molar refractivity (Wildman–Crippen MR) is 28.2 cm³/mol. The Hall–Kier alpha value is -1.32. The summed E-state index contributed by atoms with van der Waals surface area (Å²) in [5, 5.41) is 7.20. The van der Waals surface area contributed by atoms with E-state index in [0.29, 0.717) is 11.5 Å². The van der Waals surface area contributed by atoms with Crippen LogP contribution in [0.2, 0.25) is 0 Å². The quantitative estimate of drug-likeness (QED) is 0.495. The molecule has 0 unspecified atom stereocenters. The fraction of sp³-hybridized carbons (Fsp3) is 0.200. The molecule has 0 saturated heterocycles. The fourth-order valence-corrected chi connectivity index (χ4v) is 0.672. The Bertz CT molecular complexity index is 203. The number of aromatic nitrogens is 2. The molecule has 1 aliphatic heterocycles. The zero-order valence-electron chi connectivity index (χ0n) is 4.57. The molecule has 0 amide bonds. The van der Waals surface area contributed by atoms with Crippen molar-refractivity contribution in [3.8, 4) is 11.5 Å². The number of ether oxygens (including phenoxy) is 2. The van der Waals surface area contributed by atoms with Crippen LogP contribution < -0.4 is 9.47 Å². The van der Waals surface area contributed by atoms with E-state index in [1.165, 1.54) is 12.4 Å². The van der Waals surface area contributed by atoms with E-state index in [-0.39, 0.29) is 6.79 Å². The van der Waals surface area contributed by atoms with E-state index in [9.17, 15) is 0 Å². The van der Waals surface area contributed by atoms with Crippen LogP contribution in [0.5, 0.6) is 11.5 Å². The SMILES string of the molecule is c1nncc2c1OCO2. The molecule has 0 saturated carbocycles. The standard InChI is InChI=1S/C5H4N2O2/c1-4-5(2-7-6-1)9-3-8-4/h1-2H,3H2. The average molecular weight is 124 g/mol. The molecule has 0 N–H and O–H groups in total. The van der Waals surface area contributed by atoms with E-state index < -0.39 is 0 Å². The highest BCUT2D eigenvalue weighted by molar-refractivity contribution is 5.36. The second-order valence-electron chi connectivity index (χ2n) is 1.62. The van der Waals surface area contributed by atoms with Crippen molar-refractivity contribution in [2.45, 2.75) is 0 Å². The summed E-state index contributed by atoms with van der Waals surface area (Å²) < 4.78 is 9.95. The van der Waals surface area contributed by atoms with E-state index >= 15 is 0 Å². The second kappa shape index (κ2) is 1.58. The summed E-state index contributed by atoms with van der Waals surface area (Å²) in [4.78, 5) is 0. The van der Waals surface area contributed by atoms with Gasteiger partial charge in [0.05, 0.1) is 12.4 Å². The first-order chi connectivity index (χ1) is 4.47. The van der Waals surface area contributed by atoms with E-state index in [2.05, 4.69) is 10.2 Å². The van der Waals surface area contributed by atoms with Gasteiger partial charge in [0.1, 0.15) is 0 Å². The van der Waals surface area contributed by atoms with Crippen LogP contribution in [0.1, 0.15) is 0 Å². The van der Waals surface area contributed by atoms with Crippen LogP contribution in [-0.2, 0) is 0 Å². The fourth-order valence-electron chi connectivity index (χ4n) is 0.672. The molecular formula is C5H4N2O2. The smallest absolute Gasteiger partial charge is 0.231 e. The largest absolute Gasteiger partial charge is 0.452 e. The summed E-state index contributed by atoms with van der Waals surface area (Å²) in [5.41, 5.74) is 0. The van der Waals surface area contributed by atoms with E-state index in [0.717, 1.165) is 0 Å². The number of nitrogens with zero attached hydrogens (tertiary/aromatic N) is 2. The second-order valence-corrected chi connectivity index (χ2v) is 1.62. The maximum absolute atomic E-state index is 4.97. The van der Waals surface area contributed by atoms with Gasteiger partial charge in [-0.05, 0) is 0 Å². The lowest BCUT2D eigenvalue weighted by molar-refractivity contribution is 0.173. The third-order valence-corrected chi connectivity index (χ3v) is 1.09. The predicted octanol–water partition coefficient (Wildman–Crippen LogP) is 0.205. The molecule has 0 spiro atoms. The molecule has 1 aliphatic rings. The zero-order valence-corrected chi connectivity index (χ0v) is 4.57. The normalized spacial score (nSPS) is 13.8. The van der Waals surface area contributed by atoms with E-state index in [4.69, 9.17) is 9.47 Å². The van der Waals surface area contributed by atoms with Gasteiger partial charge in [-0.25, -0.2) is 0 Å². The van der Waals surface area contributed by atoms with Gasteiger partial charge < -0.3 is 9.47 Å². The van der Waals surface area contributed by atoms with Crippen molar-refractivity contribution in [1.82, 2.24) is 10.2 Å². The zero-order chi connectivity index (χ0) is 6.10. The van der Waals surface area contributed by atoms with Crippen LogP contribution in [0.4, 0.5) is 0 Å². The van der Waals surface area contributed by atoms with Gasteiger partial charge in [-0.15, -0.1) is 0 Å². The first-order valence-corrected chi connectivity index (χ1v) is 2.53. The van der Waals surface area contributed by atoms with Gasteiger partial charge in [0.25, 0.3) is 0 Å². The van der Waals surface area contributed by atoms with Crippen LogP contribution >= 0.6 is 0 Å². The number of rotatable bonds is 0. The van der Waals surface area contributed by atoms with Crippen molar-refractivity contribution in [1.29, 1.82) is 0 Å².